The lowest BCUT2D eigenvalue weighted by molar-refractivity contribution is 0.184. The highest BCUT2D eigenvalue weighted by Crippen LogP contribution is 2.23. The van der Waals surface area contributed by atoms with Gasteiger partial charge in [-0.2, -0.15) is 10.1 Å². The van der Waals surface area contributed by atoms with Crippen LogP contribution in [0.4, 0.5) is 0 Å². The number of halogens is 1. The van der Waals surface area contributed by atoms with Crippen molar-refractivity contribution in [3.8, 4) is 5.88 Å². The minimum Gasteiger partial charge on any atom is -0.479 e. The number of ether oxygens (including phenoxy) is 2. The second-order valence-electron chi connectivity index (χ2n) is 3.10. The summed E-state index contributed by atoms with van der Waals surface area (Å²) in [5.74, 6) is 0.420. The molecule has 2 rings (SSSR count). The summed E-state index contributed by atoms with van der Waals surface area (Å²) in [7, 11) is 3.17. The van der Waals surface area contributed by atoms with Crippen molar-refractivity contribution in [2.45, 2.75) is 6.54 Å². The van der Waals surface area contributed by atoms with Crippen LogP contribution in [-0.2, 0) is 11.3 Å². The number of methoxy groups -OCH3 is 2. The number of hydrogen-bond acceptors (Lipinski definition) is 5. The first-order valence-corrected chi connectivity index (χ1v) is 5.06. The maximum atomic E-state index is 5.75. The topological polar surface area (TPSA) is 62.1 Å². The molecular weight excluding hydrogens is 232 g/mol. The lowest BCUT2D eigenvalue weighted by Gasteiger charge is -2.05. The summed E-state index contributed by atoms with van der Waals surface area (Å²) in [6.07, 6.45) is 1.63. The van der Waals surface area contributed by atoms with E-state index in [4.69, 9.17) is 21.1 Å². The molecule has 0 saturated heterocycles. The van der Waals surface area contributed by atoms with E-state index < -0.39 is 0 Å². The SMILES string of the molecule is COCCn1ncc2nc(Cl)nc(OC)c21. The highest BCUT2D eigenvalue weighted by Gasteiger charge is 2.12. The van der Waals surface area contributed by atoms with Gasteiger partial charge in [0, 0.05) is 7.11 Å². The molecule has 0 aliphatic rings. The zero-order chi connectivity index (χ0) is 11.5. The predicted molar refractivity (Wildman–Crippen MR) is 58.8 cm³/mol. The fraction of sp³-hybridized carbons (Fsp3) is 0.444. The minimum atomic E-state index is 0.149. The van der Waals surface area contributed by atoms with Gasteiger partial charge in [-0.1, -0.05) is 0 Å². The largest absolute Gasteiger partial charge is 0.479 e. The monoisotopic (exact) mass is 242 g/mol. The van der Waals surface area contributed by atoms with Crippen LogP contribution in [0.25, 0.3) is 11.0 Å². The quantitative estimate of drug-likeness (QED) is 0.753. The van der Waals surface area contributed by atoms with Crippen LogP contribution in [0.5, 0.6) is 5.88 Å². The van der Waals surface area contributed by atoms with E-state index >= 15 is 0 Å². The lowest BCUT2D eigenvalue weighted by Crippen LogP contribution is -2.07. The molecule has 0 N–H and O–H groups in total. The number of fused-ring (bicyclic) bond motifs is 1. The Hall–Kier alpha value is -1.40. The van der Waals surface area contributed by atoms with E-state index in [2.05, 4.69) is 15.1 Å². The van der Waals surface area contributed by atoms with Gasteiger partial charge >= 0.3 is 0 Å². The van der Waals surface area contributed by atoms with Crippen molar-refractivity contribution in [1.29, 1.82) is 0 Å². The summed E-state index contributed by atoms with van der Waals surface area (Å²) < 4.78 is 11.9. The van der Waals surface area contributed by atoms with Gasteiger partial charge in [0.2, 0.25) is 11.2 Å². The minimum absolute atomic E-state index is 0.149. The zero-order valence-corrected chi connectivity index (χ0v) is 9.73. The molecule has 16 heavy (non-hydrogen) atoms. The van der Waals surface area contributed by atoms with Crippen LogP contribution in [0.2, 0.25) is 5.28 Å². The summed E-state index contributed by atoms with van der Waals surface area (Å²) in [6, 6.07) is 0. The second kappa shape index (κ2) is 4.63. The molecule has 0 aliphatic carbocycles. The highest BCUT2D eigenvalue weighted by molar-refractivity contribution is 6.28. The second-order valence-corrected chi connectivity index (χ2v) is 3.43. The first-order chi connectivity index (χ1) is 7.76. The van der Waals surface area contributed by atoms with E-state index in [9.17, 15) is 0 Å². The lowest BCUT2D eigenvalue weighted by atomic mass is 10.4. The van der Waals surface area contributed by atoms with Crippen molar-refractivity contribution in [1.82, 2.24) is 19.7 Å². The molecule has 0 aliphatic heterocycles. The molecule has 2 aromatic rings. The van der Waals surface area contributed by atoms with Gasteiger partial charge in [0.05, 0.1) is 26.5 Å². The summed E-state index contributed by atoms with van der Waals surface area (Å²) in [5, 5.41) is 4.33. The fourth-order valence-electron chi connectivity index (χ4n) is 1.43. The van der Waals surface area contributed by atoms with E-state index in [1.807, 2.05) is 0 Å². The van der Waals surface area contributed by atoms with Crippen molar-refractivity contribution in [2.75, 3.05) is 20.8 Å². The van der Waals surface area contributed by atoms with Crippen molar-refractivity contribution in [2.24, 2.45) is 0 Å². The van der Waals surface area contributed by atoms with Gasteiger partial charge in [0.15, 0.2) is 0 Å². The Morgan fingerprint density at radius 3 is 2.88 bits per heavy atom. The molecular formula is C9H11ClN4O2. The van der Waals surface area contributed by atoms with Crippen LogP contribution < -0.4 is 4.74 Å². The van der Waals surface area contributed by atoms with E-state index in [1.54, 1.807) is 18.0 Å². The molecule has 0 aromatic carbocycles. The average Bonchev–Trinajstić information content (AvgIpc) is 2.68. The van der Waals surface area contributed by atoms with Crippen LogP contribution in [0.15, 0.2) is 6.20 Å². The maximum absolute atomic E-state index is 5.75. The normalized spacial score (nSPS) is 10.9. The Bertz CT molecular complexity index is 499. The molecule has 2 heterocycles. The first-order valence-electron chi connectivity index (χ1n) is 4.68. The molecule has 0 radical (unpaired) electrons. The highest BCUT2D eigenvalue weighted by atomic mass is 35.5. The predicted octanol–water partition coefficient (Wildman–Crippen LogP) is 1.13. The molecule has 2 aromatic heterocycles. The number of nitrogens with zero attached hydrogens (tertiary/aromatic N) is 4. The molecule has 0 fully saturated rings. The van der Waals surface area contributed by atoms with Crippen LogP contribution in [0.3, 0.4) is 0 Å². The van der Waals surface area contributed by atoms with Gasteiger partial charge in [-0.3, -0.25) is 4.68 Å². The first kappa shape index (κ1) is 11.1. The number of rotatable bonds is 4. The Balaban J connectivity index is 2.51. The average molecular weight is 243 g/mol. The van der Waals surface area contributed by atoms with Crippen molar-refractivity contribution in [3.05, 3.63) is 11.5 Å². The molecule has 6 nitrogen and oxygen atoms in total. The van der Waals surface area contributed by atoms with Crippen LogP contribution in [-0.4, -0.2) is 40.6 Å². The third-order valence-corrected chi connectivity index (χ3v) is 2.30. The van der Waals surface area contributed by atoms with Crippen LogP contribution >= 0.6 is 11.6 Å². The van der Waals surface area contributed by atoms with Crippen molar-refractivity contribution in [3.63, 3.8) is 0 Å². The van der Waals surface area contributed by atoms with Crippen molar-refractivity contribution >= 4 is 22.6 Å². The molecule has 0 amide bonds. The summed E-state index contributed by atoms with van der Waals surface area (Å²) in [4.78, 5) is 8.05. The fourth-order valence-corrected chi connectivity index (χ4v) is 1.60. The number of aromatic nitrogens is 4. The Labute approximate surface area is 97.1 Å². The Morgan fingerprint density at radius 1 is 1.38 bits per heavy atom. The van der Waals surface area contributed by atoms with Crippen LogP contribution in [0.1, 0.15) is 0 Å². The van der Waals surface area contributed by atoms with E-state index in [-0.39, 0.29) is 5.28 Å². The zero-order valence-electron chi connectivity index (χ0n) is 8.97. The molecule has 0 spiro atoms. The van der Waals surface area contributed by atoms with Gasteiger partial charge < -0.3 is 9.47 Å². The molecule has 86 valence electrons. The van der Waals surface area contributed by atoms with Gasteiger partial charge in [-0.05, 0) is 11.6 Å². The third kappa shape index (κ3) is 1.94. The Morgan fingerprint density at radius 2 is 2.19 bits per heavy atom. The molecule has 0 bridgehead atoms. The standard InChI is InChI=1S/C9H11ClN4O2/c1-15-4-3-14-7-6(5-11-14)12-9(10)13-8(7)16-2/h5H,3-4H2,1-2H3. The number of hydrogen-bond donors (Lipinski definition) is 0. The van der Waals surface area contributed by atoms with Crippen LogP contribution in [0, 0.1) is 0 Å². The Kier molecular flexibility index (Phi) is 3.21. The van der Waals surface area contributed by atoms with Gasteiger partial charge in [0.25, 0.3) is 0 Å². The molecule has 0 unspecified atom stereocenters. The summed E-state index contributed by atoms with van der Waals surface area (Å²) in [6.45, 7) is 1.17. The summed E-state index contributed by atoms with van der Waals surface area (Å²) in [5.41, 5.74) is 1.39. The van der Waals surface area contributed by atoms with E-state index in [0.717, 1.165) is 5.52 Å². The molecule has 0 saturated carbocycles. The summed E-state index contributed by atoms with van der Waals surface area (Å²) >= 11 is 5.75. The van der Waals surface area contributed by atoms with Gasteiger partial charge in [-0.25, -0.2) is 4.98 Å². The molecule has 0 atom stereocenters. The van der Waals surface area contributed by atoms with E-state index in [0.29, 0.717) is 24.5 Å². The smallest absolute Gasteiger partial charge is 0.244 e. The molecule has 7 heteroatoms. The van der Waals surface area contributed by atoms with Gasteiger partial charge in [0.1, 0.15) is 11.0 Å². The van der Waals surface area contributed by atoms with E-state index in [1.165, 1.54) is 7.11 Å². The van der Waals surface area contributed by atoms with Gasteiger partial charge in [-0.15, -0.1) is 0 Å². The van der Waals surface area contributed by atoms with Crippen molar-refractivity contribution < 1.29 is 9.47 Å². The maximum Gasteiger partial charge on any atom is 0.244 e. The third-order valence-electron chi connectivity index (χ3n) is 2.13.